The lowest BCUT2D eigenvalue weighted by atomic mass is 10.0. The second kappa shape index (κ2) is 6.93. The Bertz CT molecular complexity index is 1130. The minimum atomic E-state index is -4.65. The molecule has 3 N–H and O–H groups in total. The maximum Gasteiger partial charge on any atom is 0.417 e. The molecule has 146 valence electrons. The lowest BCUT2D eigenvalue weighted by molar-refractivity contribution is -0.137. The van der Waals surface area contributed by atoms with Crippen LogP contribution in [0.1, 0.15) is 27.2 Å². The van der Waals surface area contributed by atoms with Crippen molar-refractivity contribution in [2.45, 2.75) is 6.18 Å². The van der Waals surface area contributed by atoms with Crippen molar-refractivity contribution in [3.8, 4) is 0 Å². The van der Waals surface area contributed by atoms with Crippen LogP contribution in [0.5, 0.6) is 0 Å². The second-order valence-corrected chi connectivity index (χ2v) is 6.28. The number of aromatic amines is 1. The van der Waals surface area contributed by atoms with Crippen molar-refractivity contribution >= 4 is 34.8 Å². The van der Waals surface area contributed by atoms with E-state index < -0.39 is 23.2 Å². The van der Waals surface area contributed by atoms with Crippen molar-refractivity contribution < 1.29 is 22.8 Å². The Hall–Kier alpha value is -3.88. The summed E-state index contributed by atoms with van der Waals surface area (Å²) in [5.74, 6) is -1.23. The number of hydrogen-bond acceptors (Lipinski definition) is 3. The van der Waals surface area contributed by atoms with Crippen LogP contribution in [0.3, 0.4) is 0 Å². The topological polar surface area (TPSA) is 86.9 Å². The third-order valence-electron chi connectivity index (χ3n) is 4.36. The molecule has 0 fully saturated rings. The number of rotatable bonds is 3. The zero-order chi connectivity index (χ0) is 20.6. The number of carbonyl (C=O) groups is 2. The highest BCUT2D eigenvalue weighted by molar-refractivity contribution is 6.35. The second-order valence-electron chi connectivity index (χ2n) is 6.28. The van der Waals surface area contributed by atoms with Crippen LogP contribution < -0.4 is 10.6 Å². The number of aromatic nitrogens is 2. The summed E-state index contributed by atoms with van der Waals surface area (Å²) in [7, 11) is 0. The average molecular weight is 398 g/mol. The van der Waals surface area contributed by atoms with E-state index in [0.717, 1.165) is 12.1 Å². The molecule has 0 bridgehead atoms. The molecule has 1 aliphatic rings. The quantitative estimate of drug-likeness (QED) is 0.579. The van der Waals surface area contributed by atoms with Gasteiger partial charge in [0.25, 0.3) is 11.8 Å². The predicted molar refractivity (Wildman–Crippen MR) is 101 cm³/mol. The Balaban J connectivity index is 1.65. The van der Waals surface area contributed by atoms with Gasteiger partial charge < -0.3 is 15.6 Å². The van der Waals surface area contributed by atoms with Gasteiger partial charge in [0.05, 0.1) is 34.9 Å². The predicted octanol–water partition coefficient (Wildman–Crippen LogP) is 4.17. The Labute approximate surface area is 162 Å². The Kier molecular flexibility index (Phi) is 4.42. The lowest BCUT2D eigenvalue weighted by Crippen LogP contribution is -2.18. The van der Waals surface area contributed by atoms with Gasteiger partial charge in [-0.05, 0) is 36.4 Å². The van der Waals surface area contributed by atoms with Crippen molar-refractivity contribution in [1.29, 1.82) is 0 Å². The van der Waals surface area contributed by atoms with E-state index >= 15 is 0 Å². The number of alkyl halides is 3. The number of amides is 2. The van der Waals surface area contributed by atoms with Gasteiger partial charge in [-0.2, -0.15) is 13.2 Å². The van der Waals surface area contributed by atoms with Gasteiger partial charge in [-0.15, -0.1) is 0 Å². The van der Waals surface area contributed by atoms with E-state index in [-0.39, 0.29) is 11.6 Å². The highest BCUT2D eigenvalue weighted by Crippen LogP contribution is 2.36. The number of nitrogens with one attached hydrogen (secondary N) is 3. The molecular formula is C20H13F3N4O2. The molecule has 1 aliphatic heterocycles. The van der Waals surface area contributed by atoms with Crippen LogP contribution in [-0.4, -0.2) is 21.8 Å². The number of H-pyrrole nitrogens is 1. The molecule has 1 aromatic heterocycles. The van der Waals surface area contributed by atoms with E-state index in [2.05, 4.69) is 20.6 Å². The fourth-order valence-corrected chi connectivity index (χ4v) is 3.04. The number of nitrogens with zero attached hydrogens (tertiary/aromatic N) is 1. The molecule has 4 rings (SSSR count). The summed E-state index contributed by atoms with van der Waals surface area (Å²) < 4.78 is 39.5. The maximum atomic E-state index is 13.2. The van der Waals surface area contributed by atoms with Crippen molar-refractivity contribution in [3.05, 3.63) is 77.4 Å². The van der Waals surface area contributed by atoms with Gasteiger partial charge in [0.2, 0.25) is 0 Å². The first-order chi connectivity index (χ1) is 13.8. The van der Waals surface area contributed by atoms with Gasteiger partial charge in [0, 0.05) is 16.9 Å². The van der Waals surface area contributed by atoms with Gasteiger partial charge in [-0.25, -0.2) is 4.98 Å². The van der Waals surface area contributed by atoms with Gasteiger partial charge in [0.1, 0.15) is 0 Å². The third-order valence-corrected chi connectivity index (χ3v) is 4.36. The molecule has 6 nitrogen and oxygen atoms in total. The molecule has 0 radical (unpaired) electrons. The van der Waals surface area contributed by atoms with Crippen molar-refractivity contribution in [3.63, 3.8) is 0 Å². The SMILES string of the molecule is O=C1Nc2ccc(NC(=O)c3ccccc3C(F)(F)F)cc2/C1=C/c1cnc[nH]1. The minimum Gasteiger partial charge on any atom is -0.345 e. The number of imidazole rings is 1. The molecule has 0 aliphatic carbocycles. The molecule has 9 heteroatoms. The largest absolute Gasteiger partial charge is 0.417 e. The van der Waals surface area contributed by atoms with Crippen LogP contribution in [0.25, 0.3) is 11.6 Å². The summed E-state index contributed by atoms with van der Waals surface area (Å²) in [6.45, 7) is 0. The summed E-state index contributed by atoms with van der Waals surface area (Å²) in [4.78, 5) is 31.4. The summed E-state index contributed by atoms with van der Waals surface area (Å²) in [6, 6.07) is 9.16. The molecule has 2 aromatic carbocycles. The number of fused-ring (bicyclic) bond motifs is 1. The molecule has 0 spiro atoms. The monoisotopic (exact) mass is 398 g/mol. The van der Waals surface area contributed by atoms with E-state index in [4.69, 9.17) is 0 Å². The molecule has 0 atom stereocenters. The van der Waals surface area contributed by atoms with E-state index in [0.29, 0.717) is 22.5 Å². The van der Waals surface area contributed by atoms with Crippen LogP contribution in [0.4, 0.5) is 24.5 Å². The van der Waals surface area contributed by atoms with Gasteiger partial charge >= 0.3 is 6.18 Å². The molecule has 2 heterocycles. The van der Waals surface area contributed by atoms with Crippen molar-refractivity contribution in [2.75, 3.05) is 10.6 Å². The molecule has 0 saturated carbocycles. The van der Waals surface area contributed by atoms with Crippen LogP contribution >= 0.6 is 0 Å². The molecule has 0 unspecified atom stereocenters. The molecule has 3 aromatic rings. The van der Waals surface area contributed by atoms with Crippen LogP contribution in [-0.2, 0) is 11.0 Å². The Morgan fingerprint density at radius 1 is 1.14 bits per heavy atom. The lowest BCUT2D eigenvalue weighted by Gasteiger charge is -2.13. The van der Waals surface area contributed by atoms with Crippen LogP contribution in [0.15, 0.2) is 55.0 Å². The first-order valence-electron chi connectivity index (χ1n) is 8.46. The molecular weight excluding hydrogens is 385 g/mol. The fourth-order valence-electron chi connectivity index (χ4n) is 3.04. The van der Waals surface area contributed by atoms with Crippen molar-refractivity contribution in [2.24, 2.45) is 0 Å². The zero-order valence-corrected chi connectivity index (χ0v) is 14.7. The number of benzene rings is 2. The van der Waals surface area contributed by atoms with Crippen LogP contribution in [0, 0.1) is 0 Å². The Morgan fingerprint density at radius 3 is 2.66 bits per heavy atom. The summed E-state index contributed by atoms with van der Waals surface area (Å²) >= 11 is 0. The van der Waals surface area contributed by atoms with Crippen molar-refractivity contribution in [1.82, 2.24) is 9.97 Å². The van der Waals surface area contributed by atoms with Gasteiger partial charge in [0.15, 0.2) is 0 Å². The smallest absolute Gasteiger partial charge is 0.345 e. The summed E-state index contributed by atoms with van der Waals surface area (Å²) in [5.41, 5.74) is 0.768. The van der Waals surface area contributed by atoms with Crippen LogP contribution in [0.2, 0.25) is 0 Å². The normalized spacial score (nSPS) is 14.6. The first kappa shape index (κ1) is 18.5. The zero-order valence-electron chi connectivity index (χ0n) is 14.7. The molecule has 2 amide bonds. The molecule has 0 saturated heterocycles. The highest BCUT2D eigenvalue weighted by atomic mass is 19.4. The molecule has 29 heavy (non-hydrogen) atoms. The Morgan fingerprint density at radius 2 is 1.93 bits per heavy atom. The highest BCUT2D eigenvalue weighted by Gasteiger charge is 2.35. The number of anilines is 2. The van der Waals surface area contributed by atoms with E-state index in [9.17, 15) is 22.8 Å². The van der Waals surface area contributed by atoms with Gasteiger partial charge in [-0.3, -0.25) is 9.59 Å². The van der Waals surface area contributed by atoms with E-state index in [1.54, 1.807) is 12.1 Å². The van der Waals surface area contributed by atoms with Gasteiger partial charge in [-0.1, -0.05) is 12.1 Å². The first-order valence-corrected chi connectivity index (χ1v) is 8.46. The standard InChI is InChI=1S/C20H13F3N4O2/c21-20(22,23)16-4-2-1-3-13(16)18(28)26-11-5-6-17-14(7-11)15(19(29)27-17)8-12-9-24-10-25-12/h1-10H,(H,24,25)(H,26,28)(H,27,29)/b15-8-. The number of carbonyl (C=O) groups excluding carboxylic acids is 2. The van der Waals surface area contributed by atoms with E-state index in [1.165, 1.54) is 36.8 Å². The summed E-state index contributed by atoms with van der Waals surface area (Å²) in [6.07, 6.45) is -0.0478. The van der Waals surface area contributed by atoms with E-state index in [1.807, 2.05) is 0 Å². The average Bonchev–Trinajstić information content (AvgIpc) is 3.30. The maximum absolute atomic E-state index is 13.2. The minimum absolute atomic E-state index is 0.262. The summed E-state index contributed by atoms with van der Waals surface area (Å²) in [5, 5.41) is 5.17. The number of hydrogen-bond donors (Lipinski definition) is 3. The number of halogens is 3. The fraction of sp³-hybridized carbons (Fsp3) is 0.0500. The third kappa shape index (κ3) is 3.62.